The van der Waals surface area contributed by atoms with Crippen molar-refractivity contribution < 1.29 is 14.7 Å². The van der Waals surface area contributed by atoms with Crippen LogP contribution in [0.5, 0.6) is 0 Å². The Hall–Kier alpha value is -1.75. The molecule has 0 saturated carbocycles. The Morgan fingerprint density at radius 2 is 2.00 bits per heavy atom. The smallest absolute Gasteiger partial charge is 0.328 e. The number of thioether (sulfide) groups is 1. The van der Waals surface area contributed by atoms with Crippen molar-refractivity contribution in [3.05, 3.63) is 35.9 Å². The van der Waals surface area contributed by atoms with Gasteiger partial charge in [0.2, 0.25) is 5.91 Å². The van der Waals surface area contributed by atoms with Crippen molar-refractivity contribution >= 4 is 35.4 Å². The van der Waals surface area contributed by atoms with E-state index in [4.69, 9.17) is 5.11 Å². The molecule has 0 radical (unpaired) electrons. The zero-order valence-corrected chi connectivity index (χ0v) is 11.7. The second-order valence-corrected chi connectivity index (χ2v) is 5.05. The van der Waals surface area contributed by atoms with Crippen molar-refractivity contribution in [1.29, 1.82) is 0 Å². The minimum Gasteiger partial charge on any atom is -0.478 e. The monoisotopic (exact) mass is 279 g/mol. The lowest BCUT2D eigenvalue weighted by Gasteiger charge is -2.10. The number of carboxylic acid groups (broad SMARTS) is 1. The van der Waals surface area contributed by atoms with Crippen LogP contribution in [0.2, 0.25) is 0 Å². The van der Waals surface area contributed by atoms with E-state index in [-0.39, 0.29) is 11.8 Å². The Labute approximate surface area is 116 Å². The first-order valence-electron chi connectivity index (χ1n) is 5.84. The molecule has 0 aliphatic rings. The van der Waals surface area contributed by atoms with Crippen LogP contribution in [0.4, 0.5) is 5.69 Å². The average Bonchev–Trinajstić information content (AvgIpc) is 2.38. The Morgan fingerprint density at radius 3 is 2.53 bits per heavy atom. The Balaban J connectivity index is 2.62. The number of amides is 1. The van der Waals surface area contributed by atoms with Crippen LogP contribution in [0.3, 0.4) is 0 Å². The van der Waals surface area contributed by atoms with Gasteiger partial charge in [-0.15, -0.1) is 0 Å². The van der Waals surface area contributed by atoms with E-state index in [1.165, 1.54) is 6.08 Å². The summed E-state index contributed by atoms with van der Waals surface area (Å²) in [4.78, 5) is 22.2. The minimum absolute atomic E-state index is 0.0109. The highest BCUT2D eigenvalue weighted by Gasteiger charge is 2.11. The summed E-state index contributed by atoms with van der Waals surface area (Å²) in [6, 6.07) is 7.03. The van der Waals surface area contributed by atoms with E-state index in [2.05, 4.69) is 5.32 Å². The highest BCUT2D eigenvalue weighted by molar-refractivity contribution is 7.98. The van der Waals surface area contributed by atoms with Gasteiger partial charge in [-0.25, -0.2) is 4.79 Å². The van der Waals surface area contributed by atoms with E-state index in [1.807, 2.05) is 13.2 Å². The SMILES string of the molecule is CSCC(C)C(=O)Nc1ccc(/C=C/C(=O)O)cc1. The lowest BCUT2D eigenvalue weighted by Crippen LogP contribution is -2.21. The summed E-state index contributed by atoms with van der Waals surface area (Å²) in [5, 5.41) is 11.3. The quantitative estimate of drug-likeness (QED) is 0.786. The number of hydrogen-bond donors (Lipinski definition) is 2. The maximum absolute atomic E-state index is 11.8. The molecule has 0 saturated heterocycles. The molecule has 0 aliphatic heterocycles. The fourth-order valence-corrected chi connectivity index (χ4v) is 2.09. The third-order valence-electron chi connectivity index (χ3n) is 2.46. The van der Waals surface area contributed by atoms with E-state index in [1.54, 1.807) is 36.0 Å². The predicted octanol–water partition coefficient (Wildman–Crippen LogP) is 2.72. The second kappa shape index (κ2) is 7.63. The van der Waals surface area contributed by atoms with E-state index in [0.29, 0.717) is 5.69 Å². The summed E-state index contributed by atoms with van der Waals surface area (Å²) < 4.78 is 0. The third kappa shape index (κ3) is 5.61. The summed E-state index contributed by atoms with van der Waals surface area (Å²) >= 11 is 1.63. The van der Waals surface area contributed by atoms with Gasteiger partial charge in [0.25, 0.3) is 0 Å². The lowest BCUT2D eigenvalue weighted by molar-refractivity contribution is -0.131. The van der Waals surface area contributed by atoms with Crippen molar-refractivity contribution in [2.45, 2.75) is 6.92 Å². The maximum atomic E-state index is 11.8. The maximum Gasteiger partial charge on any atom is 0.328 e. The highest BCUT2D eigenvalue weighted by atomic mass is 32.2. The summed E-state index contributed by atoms with van der Waals surface area (Å²) in [5.41, 5.74) is 1.49. The molecule has 19 heavy (non-hydrogen) atoms. The first-order valence-corrected chi connectivity index (χ1v) is 7.23. The molecule has 0 aromatic heterocycles. The van der Waals surface area contributed by atoms with Gasteiger partial charge in [0.05, 0.1) is 0 Å². The molecule has 4 nitrogen and oxygen atoms in total. The Bertz CT molecular complexity index is 468. The van der Waals surface area contributed by atoms with E-state index in [9.17, 15) is 9.59 Å². The summed E-state index contributed by atoms with van der Waals surface area (Å²) in [6.07, 6.45) is 4.55. The minimum atomic E-state index is -0.983. The van der Waals surface area contributed by atoms with Gasteiger partial charge in [-0.2, -0.15) is 11.8 Å². The standard InChI is InChI=1S/C14H17NO3S/c1-10(9-19-2)14(18)15-12-6-3-11(4-7-12)5-8-13(16)17/h3-8,10H,9H2,1-2H3,(H,15,18)(H,16,17)/b8-5+. The molecular weight excluding hydrogens is 262 g/mol. The normalized spacial score (nSPS) is 12.3. The molecule has 102 valence electrons. The second-order valence-electron chi connectivity index (χ2n) is 4.14. The molecule has 1 aromatic carbocycles. The van der Waals surface area contributed by atoms with Crippen molar-refractivity contribution in [2.75, 3.05) is 17.3 Å². The van der Waals surface area contributed by atoms with Gasteiger partial charge in [-0.1, -0.05) is 19.1 Å². The van der Waals surface area contributed by atoms with Crippen LogP contribution >= 0.6 is 11.8 Å². The first-order chi connectivity index (χ1) is 9.02. The van der Waals surface area contributed by atoms with Crippen LogP contribution in [0, 0.1) is 5.92 Å². The molecule has 1 atom stereocenters. The van der Waals surface area contributed by atoms with Crippen LogP contribution in [0.1, 0.15) is 12.5 Å². The number of carboxylic acids is 1. The van der Waals surface area contributed by atoms with E-state index < -0.39 is 5.97 Å². The number of hydrogen-bond acceptors (Lipinski definition) is 3. The molecular formula is C14H17NO3S. The molecule has 1 amide bonds. The van der Waals surface area contributed by atoms with Gasteiger partial charge in [0.1, 0.15) is 0 Å². The molecule has 0 heterocycles. The third-order valence-corrected chi connectivity index (χ3v) is 3.29. The largest absolute Gasteiger partial charge is 0.478 e. The number of rotatable bonds is 6. The number of benzene rings is 1. The number of carbonyl (C=O) groups is 2. The van der Waals surface area contributed by atoms with E-state index >= 15 is 0 Å². The van der Waals surface area contributed by atoms with Gasteiger partial charge in [-0.3, -0.25) is 4.79 Å². The Kier molecular flexibility index (Phi) is 6.15. The fraction of sp³-hybridized carbons (Fsp3) is 0.286. The molecule has 1 unspecified atom stereocenters. The molecule has 2 N–H and O–H groups in total. The van der Waals surface area contributed by atoms with Gasteiger partial charge < -0.3 is 10.4 Å². The van der Waals surface area contributed by atoms with Crippen molar-refractivity contribution in [1.82, 2.24) is 0 Å². The lowest BCUT2D eigenvalue weighted by atomic mass is 10.1. The van der Waals surface area contributed by atoms with Gasteiger partial charge in [0, 0.05) is 23.4 Å². The topological polar surface area (TPSA) is 66.4 Å². The Morgan fingerprint density at radius 1 is 1.37 bits per heavy atom. The van der Waals surface area contributed by atoms with Crippen LogP contribution in [-0.4, -0.2) is 29.0 Å². The molecule has 0 aliphatic carbocycles. The van der Waals surface area contributed by atoms with E-state index in [0.717, 1.165) is 17.4 Å². The summed E-state index contributed by atoms with van der Waals surface area (Å²) in [5.74, 6) is -0.251. The molecule has 1 aromatic rings. The number of anilines is 1. The fourth-order valence-electron chi connectivity index (χ4n) is 1.44. The van der Waals surface area contributed by atoms with Crippen molar-refractivity contribution in [2.24, 2.45) is 5.92 Å². The average molecular weight is 279 g/mol. The summed E-state index contributed by atoms with van der Waals surface area (Å²) in [7, 11) is 0. The van der Waals surface area contributed by atoms with Crippen molar-refractivity contribution in [3.8, 4) is 0 Å². The molecule has 0 spiro atoms. The van der Waals surface area contributed by atoms with Crippen LogP contribution in [-0.2, 0) is 9.59 Å². The number of carbonyl (C=O) groups excluding carboxylic acids is 1. The molecule has 1 rings (SSSR count). The van der Waals surface area contributed by atoms with Gasteiger partial charge in [0.15, 0.2) is 0 Å². The molecule has 0 bridgehead atoms. The predicted molar refractivity (Wildman–Crippen MR) is 79.3 cm³/mol. The van der Waals surface area contributed by atoms with Crippen LogP contribution in [0.25, 0.3) is 6.08 Å². The van der Waals surface area contributed by atoms with Crippen LogP contribution in [0.15, 0.2) is 30.3 Å². The number of aliphatic carboxylic acids is 1. The molecule has 0 fully saturated rings. The molecule has 5 heteroatoms. The number of nitrogens with one attached hydrogen (secondary N) is 1. The highest BCUT2D eigenvalue weighted by Crippen LogP contribution is 2.13. The van der Waals surface area contributed by atoms with Crippen molar-refractivity contribution in [3.63, 3.8) is 0 Å². The van der Waals surface area contributed by atoms with Gasteiger partial charge >= 0.3 is 5.97 Å². The zero-order valence-electron chi connectivity index (χ0n) is 10.9. The summed E-state index contributed by atoms with van der Waals surface area (Å²) in [6.45, 7) is 1.88. The van der Waals surface area contributed by atoms with Crippen LogP contribution < -0.4 is 5.32 Å². The van der Waals surface area contributed by atoms with Gasteiger partial charge in [-0.05, 0) is 30.0 Å². The first kappa shape index (κ1) is 15.3. The zero-order chi connectivity index (χ0) is 14.3.